The summed E-state index contributed by atoms with van der Waals surface area (Å²) in [5.74, 6) is -2.05. The summed E-state index contributed by atoms with van der Waals surface area (Å²) in [6.07, 6.45) is 0.376. The Morgan fingerprint density at radius 3 is 2.26 bits per heavy atom. The van der Waals surface area contributed by atoms with Crippen molar-refractivity contribution in [1.82, 2.24) is 10.2 Å². The van der Waals surface area contributed by atoms with Gasteiger partial charge in [-0.3, -0.25) is 9.59 Å². The number of carboxylic acids is 1. The molecule has 35 heavy (non-hydrogen) atoms. The van der Waals surface area contributed by atoms with E-state index in [4.69, 9.17) is 9.47 Å². The molecule has 4 rings (SSSR count). The molecule has 186 valence electrons. The molecular formula is C27H32N2O6. The lowest BCUT2D eigenvalue weighted by Gasteiger charge is -2.42. The summed E-state index contributed by atoms with van der Waals surface area (Å²) in [7, 11) is 1.45. The highest BCUT2D eigenvalue weighted by Crippen LogP contribution is 2.44. The molecule has 8 heteroatoms. The molecule has 1 aliphatic carbocycles. The van der Waals surface area contributed by atoms with Crippen molar-refractivity contribution in [2.24, 2.45) is 5.92 Å². The first-order valence-electron chi connectivity index (χ1n) is 11.9. The van der Waals surface area contributed by atoms with Crippen LogP contribution in [0.25, 0.3) is 11.1 Å². The lowest BCUT2D eigenvalue weighted by molar-refractivity contribution is -0.152. The number of fused-ring (bicyclic) bond motifs is 3. The van der Waals surface area contributed by atoms with Crippen LogP contribution in [0.4, 0.5) is 4.79 Å². The zero-order chi connectivity index (χ0) is 25.2. The van der Waals surface area contributed by atoms with E-state index < -0.39 is 29.6 Å². The molecule has 3 atom stereocenters. The van der Waals surface area contributed by atoms with E-state index in [1.54, 1.807) is 13.8 Å². The van der Waals surface area contributed by atoms with E-state index in [2.05, 4.69) is 17.4 Å². The minimum atomic E-state index is -1.40. The SMILES string of the molecule is COCC(C)(NC(=O)OCC1c2ccccc2-c2ccccc21)C(=O)N1CCC[C@@H](C(=O)O)[C@H]1C. The van der Waals surface area contributed by atoms with Crippen molar-refractivity contribution in [3.05, 3.63) is 59.7 Å². The van der Waals surface area contributed by atoms with Gasteiger partial charge in [0, 0.05) is 25.6 Å². The molecule has 8 nitrogen and oxygen atoms in total. The van der Waals surface area contributed by atoms with Gasteiger partial charge in [-0.15, -0.1) is 0 Å². The molecule has 0 radical (unpaired) electrons. The molecule has 0 bridgehead atoms. The number of carbonyl (C=O) groups excluding carboxylic acids is 2. The van der Waals surface area contributed by atoms with Crippen LogP contribution in [0, 0.1) is 5.92 Å². The number of alkyl carbamates (subject to hydrolysis) is 1. The van der Waals surface area contributed by atoms with Crippen molar-refractivity contribution in [1.29, 1.82) is 0 Å². The number of nitrogens with zero attached hydrogens (tertiary/aromatic N) is 1. The number of aliphatic carboxylic acids is 1. The van der Waals surface area contributed by atoms with Crippen LogP contribution in [0.2, 0.25) is 0 Å². The Morgan fingerprint density at radius 1 is 1.09 bits per heavy atom. The van der Waals surface area contributed by atoms with E-state index in [0.717, 1.165) is 22.3 Å². The van der Waals surface area contributed by atoms with Gasteiger partial charge in [0.25, 0.3) is 5.91 Å². The summed E-state index contributed by atoms with van der Waals surface area (Å²) in [4.78, 5) is 39.5. The molecule has 2 N–H and O–H groups in total. The van der Waals surface area contributed by atoms with E-state index in [1.165, 1.54) is 12.0 Å². The number of ether oxygens (including phenoxy) is 2. The number of carboxylic acid groups (broad SMARTS) is 1. The molecule has 0 saturated carbocycles. The third kappa shape index (κ3) is 4.75. The van der Waals surface area contributed by atoms with Crippen molar-refractivity contribution >= 4 is 18.0 Å². The lowest BCUT2D eigenvalue weighted by Crippen LogP contribution is -2.63. The van der Waals surface area contributed by atoms with Crippen LogP contribution in [0.3, 0.4) is 0 Å². The number of hydrogen-bond acceptors (Lipinski definition) is 5. The van der Waals surface area contributed by atoms with Gasteiger partial charge in [-0.2, -0.15) is 0 Å². The fourth-order valence-corrected chi connectivity index (χ4v) is 5.38. The molecule has 1 fully saturated rings. The molecule has 1 aliphatic heterocycles. The highest BCUT2D eigenvalue weighted by Gasteiger charge is 2.44. The van der Waals surface area contributed by atoms with Gasteiger partial charge in [0.05, 0.1) is 12.5 Å². The second kappa shape index (κ2) is 10.1. The normalized spacial score (nSPS) is 20.9. The van der Waals surface area contributed by atoms with Gasteiger partial charge in [-0.1, -0.05) is 48.5 Å². The minimum absolute atomic E-state index is 0.0724. The number of nitrogens with one attached hydrogen (secondary N) is 1. The van der Waals surface area contributed by atoms with E-state index in [0.29, 0.717) is 19.4 Å². The molecule has 2 amide bonds. The predicted octanol–water partition coefficient (Wildman–Crippen LogP) is 3.64. The van der Waals surface area contributed by atoms with E-state index in [9.17, 15) is 19.5 Å². The van der Waals surface area contributed by atoms with Gasteiger partial charge in [-0.05, 0) is 48.9 Å². The average Bonchev–Trinajstić information content (AvgIpc) is 3.16. The second-order valence-electron chi connectivity index (χ2n) is 9.54. The lowest BCUT2D eigenvalue weighted by atomic mass is 9.88. The van der Waals surface area contributed by atoms with E-state index >= 15 is 0 Å². The predicted molar refractivity (Wildman–Crippen MR) is 130 cm³/mol. The van der Waals surface area contributed by atoms with Crippen molar-refractivity contribution in [3.63, 3.8) is 0 Å². The molecule has 0 aromatic heterocycles. The van der Waals surface area contributed by atoms with Crippen LogP contribution in [-0.2, 0) is 19.1 Å². The zero-order valence-corrected chi connectivity index (χ0v) is 20.3. The highest BCUT2D eigenvalue weighted by molar-refractivity contribution is 5.90. The largest absolute Gasteiger partial charge is 0.481 e. The standard InChI is InChI=1S/C27H32N2O6/c1-17-18(24(30)31)13-8-14-29(17)25(32)27(2,16-34-3)28-26(33)35-15-23-21-11-6-4-9-19(21)20-10-5-7-12-22(20)23/h4-7,9-12,17-18,23H,8,13-16H2,1-3H3,(H,28,33)(H,30,31)/t17-,18-,27?/m1/s1. The second-order valence-corrected chi connectivity index (χ2v) is 9.54. The summed E-state index contributed by atoms with van der Waals surface area (Å²) in [6.45, 7) is 3.79. The summed E-state index contributed by atoms with van der Waals surface area (Å²) in [6, 6.07) is 15.6. The number of hydrogen-bond donors (Lipinski definition) is 2. The van der Waals surface area contributed by atoms with Gasteiger partial charge in [-0.25, -0.2) is 4.79 Å². The molecule has 2 aromatic carbocycles. The minimum Gasteiger partial charge on any atom is -0.481 e. The zero-order valence-electron chi connectivity index (χ0n) is 20.3. The summed E-state index contributed by atoms with van der Waals surface area (Å²) < 4.78 is 10.9. The first-order valence-corrected chi connectivity index (χ1v) is 11.9. The molecular weight excluding hydrogens is 448 g/mol. The number of methoxy groups -OCH3 is 1. The number of piperidine rings is 1. The fraction of sp³-hybridized carbons (Fsp3) is 0.444. The smallest absolute Gasteiger partial charge is 0.408 e. The van der Waals surface area contributed by atoms with Gasteiger partial charge >= 0.3 is 12.1 Å². The molecule has 2 aliphatic rings. The monoisotopic (exact) mass is 480 g/mol. The topological polar surface area (TPSA) is 105 Å². The van der Waals surface area contributed by atoms with Crippen LogP contribution < -0.4 is 5.32 Å². The van der Waals surface area contributed by atoms with Gasteiger partial charge in [0.15, 0.2) is 0 Å². The maximum absolute atomic E-state index is 13.5. The van der Waals surface area contributed by atoms with E-state index in [1.807, 2.05) is 36.4 Å². The quantitative estimate of drug-likeness (QED) is 0.627. The third-order valence-corrected chi connectivity index (χ3v) is 7.19. The molecule has 2 aromatic rings. The van der Waals surface area contributed by atoms with Crippen LogP contribution in [-0.4, -0.2) is 66.4 Å². The summed E-state index contributed by atoms with van der Waals surface area (Å²) in [5.41, 5.74) is 3.05. The first kappa shape index (κ1) is 24.7. The number of benzene rings is 2. The number of likely N-dealkylation sites (tertiary alicyclic amines) is 1. The third-order valence-electron chi connectivity index (χ3n) is 7.19. The Hall–Kier alpha value is -3.39. The Bertz CT molecular complexity index is 1070. The van der Waals surface area contributed by atoms with E-state index in [-0.39, 0.29) is 25.0 Å². The molecule has 0 spiro atoms. The van der Waals surface area contributed by atoms with Crippen LogP contribution >= 0.6 is 0 Å². The maximum Gasteiger partial charge on any atom is 0.408 e. The van der Waals surface area contributed by atoms with Crippen molar-refractivity contribution in [2.45, 2.75) is 44.2 Å². The van der Waals surface area contributed by atoms with Crippen LogP contribution in [0.15, 0.2) is 48.5 Å². The van der Waals surface area contributed by atoms with Gasteiger partial charge < -0.3 is 24.8 Å². The fourth-order valence-electron chi connectivity index (χ4n) is 5.38. The Labute approximate surface area is 205 Å². The highest BCUT2D eigenvalue weighted by atomic mass is 16.5. The molecule has 1 heterocycles. The summed E-state index contributed by atoms with van der Waals surface area (Å²) >= 11 is 0. The summed E-state index contributed by atoms with van der Waals surface area (Å²) in [5, 5.41) is 12.2. The number of carbonyl (C=O) groups is 3. The molecule has 1 saturated heterocycles. The molecule has 1 unspecified atom stereocenters. The van der Waals surface area contributed by atoms with Crippen molar-refractivity contribution < 1.29 is 29.0 Å². The Kier molecular flexibility index (Phi) is 7.12. The first-order chi connectivity index (χ1) is 16.8. The average molecular weight is 481 g/mol. The Balaban J connectivity index is 1.47. The van der Waals surface area contributed by atoms with Crippen LogP contribution in [0.5, 0.6) is 0 Å². The van der Waals surface area contributed by atoms with Crippen LogP contribution in [0.1, 0.15) is 43.7 Å². The van der Waals surface area contributed by atoms with Gasteiger partial charge in [0.2, 0.25) is 0 Å². The van der Waals surface area contributed by atoms with Crippen molar-refractivity contribution in [2.75, 3.05) is 26.9 Å². The number of amides is 2. The number of rotatable bonds is 7. The maximum atomic E-state index is 13.5. The van der Waals surface area contributed by atoms with Crippen molar-refractivity contribution in [3.8, 4) is 11.1 Å². The Morgan fingerprint density at radius 2 is 1.69 bits per heavy atom. The van der Waals surface area contributed by atoms with Gasteiger partial charge in [0.1, 0.15) is 12.1 Å².